The van der Waals surface area contributed by atoms with E-state index in [9.17, 15) is 5.11 Å². The van der Waals surface area contributed by atoms with Crippen LogP contribution in [0.1, 0.15) is 22.8 Å². The Morgan fingerprint density at radius 3 is 2.80 bits per heavy atom. The van der Waals surface area contributed by atoms with Gasteiger partial charge in [0.2, 0.25) is 0 Å². The van der Waals surface area contributed by atoms with Gasteiger partial charge in [-0.3, -0.25) is 0 Å². The zero-order valence-electron chi connectivity index (χ0n) is 10.7. The van der Waals surface area contributed by atoms with Crippen molar-refractivity contribution in [1.29, 1.82) is 0 Å². The molecule has 1 nitrogen and oxygen atoms in total. The fourth-order valence-electron chi connectivity index (χ4n) is 2.36. The molecule has 1 aromatic heterocycles. The Balaban J connectivity index is 2.13. The van der Waals surface area contributed by atoms with Crippen molar-refractivity contribution in [3.05, 3.63) is 68.0 Å². The highest BCUT2D eigenvalue weighted by atomic mass is 79.9. The number of rotatable bonds is 2. The molecule has 0 aliphatic rings. The second-order valence-electron chi connectivity index (χ2n) is 4.77. The van der Waals surface area contributed by atoms with Crippen LogP contribution in [0.3, 0.4) is 0 Å². The van der Waals surface area contributed by atoms with E-state index in [0.717, 1.165) is 31.2 Å². The summed E-state index contributed by atoms with van der Waals surface area (Å²) in [6.07, 6.45) is -0.657. The SMILES string of the molecule is Cc1cc(Cl)cc(C(O)c2csc3c(Br)cccc23)c1. The number of aliphatic hydroxyl groups excluding tert-OH is 1. The van der Waals surface area contributed by atoms with Crippen molar-refractivity contribution in [2.24, 2.45) is 0 Å². The second-order valence-corrected chi connectivity index (χ2v) is 6.94. The Bertz CT molecular complexity index is 761. The van der Waals surface area contributed by atoms with Crippen molar-refractivity contribution in [3.63, 3.8) is 0 Å². The molecule has 3 rings (SSSR count). The van der Waals surface area contributed by atoms with Gasteiger partial charge in [0, 0.05) is 19.8 Å². The lowest BCUT2D eigenvalue weighted by atomic mass is 9.99. The van der Waals surface area contributed by atoms with Crippen molar-refractivity contribution >= 4 is 49.0 Å². The van der Waals surface area contributed by atoms with E-state index in [2.05, 4.69) is 15.9 Å². The molecule has 1 atom stereocenters. The maximum Gasteiger partial charge on any atom is 0.106 e. The summed E-state index contributed by atoms with van der Waals surface area (Å²) in [6.45, 7) is 1.98. The molecule has 0 aliphatic carbocycles. The minimum Gasteiger partial charge on any atom is -0.384 e. The maximum absolute atomic E-state index is 10.7. The Morgan fingerprint density at radius 2 is 2.05 bits per heavy atom. The smallest absolute Gasteiger partial charge is 0.106 e. The number of aryl methyl sites for hydroxylation is 1. The van der Waals surface area contributed by atoms with Gasteiger partial charge in [-0.25, -0.2) is 0 Å². The van der Waals surface area contributed by atoms with Gasteiger partial charge in [-0.15, -0.1) is 11.3 Å². The average Bonchev–Trinajstić information content (AvgIpc) is 2.82. The largest absolute Gasteiger partial charge is 0.384 e. The molecule has 0 spiro atoms. The van der Waals surface area contributed by atoms with Gasteiger partial charge in [0.25, 0.3) is 0 Å². The van der Waals surface area contributed by atoms with E-state index < -0.39 is 6.10 Å². The molecule has 102 valence electrons. The number of aliphatic hydroxyl groups is 1. The fraction of sp³-hybridized carbons (Fsp3) is 0.125. The highest BCUT2D eigenvalue weighted by Gasteiger charge is 2.17. The third-order valence-electron chi connectivity index (χ3n) is 3.26. The lowest BCUT2D eigenvalue weighted by molar-refractivity contribution is 0.222. The van der Waals surface area contributed by atoms with E-state index in [1.807, 2.05) is 48.7 Å². The van der Waals surface area contributed by atoms with E-state index in [4.69, 9.17) is 11.6 Å². The van der Waals surface area contributed by atoms with Crippen LogP contribution in [0.4, 0.5) is 0 Å². The number of halogens is 2. The van der Waals surface area contributed by atoms with Gasteiger partial charge < -0.3 is 5.11 Å². The van der Waals surface area contributed by atoms with Gasteiger partial charge in [-0.1, -0.05) is 29.8 Å². The monoisotopic (exact) mass is 366 g/mol. The molecule has 0 bridgehead atoms. The van der Waals surface area contributed by atoms with Crippen molar-refractivity contribution in [2.45, 2.75) is 13.0 Å². The third-order valence-corrected chi connectivity index (χ3v) is 5.45. The Labute approximate surface area is 135 Å². The summed E-state index contributed by atoms with van der Waals surface area (Å²) < 4.78 is 2.21. The van der Waals surface area contributed by atoms with E-state index >= 15 is 0 Å². The van der Waals surface area contributed by atoms with E-state index in [1.54, 1.807) is 11.3 Å². The molecule has 0 fully saturated rings. The van der Waals surface area contributed by atoms with E-state index in [1.165, 1.54) is 0 Å². The summed E-state index contributed by atoms with van der Waals surface area (Å²) in [6, 6.07) is 11.7. The van der Waals surface area contributed by atoms with Crippen LogP contribution in [0.2, 0.25) is 5.02 Å². The summed E-state index contributed by atoms with van der Waals surface area (Å²) >= 11 is 11.3. The first kappa shape index (κ1) is 14.1. The predicted molar refractivity (Wildman–Crippen MR) is 89.8 cm³/mol. The molecule has 0 aliphatic heterocycles. The molecule has 4 heteroatoms. The molecule has 1 heterocycles. The average molecular weight is 368 g/mol. The molecule has 2 aromatic carbocycles. The number of fused-ring (bicyclic) bond motifs is 1. The van der Waals surface area contributed by atoms with Crippen molar-refractivity contribution < 1.29 is 5.11 Å². The van der Waals surface area contributed by atoms with Gasteiger partial charge >= 0.3 is 0 Å². The normalized spacial score (nSPS) is 12.8. The Morgan fingerprint density at radius 1 is 1.25 bits per heavy atom. The number of hydrogen-bond acceptors (Lipinski definition) is 2. The summed E-state index contributed by atoms with van der Waals surface area (Å²) in [5.74, 6) is 0. The van der Waals surface area contributed by atoms with Gasteiger partial charge in [0.05, 0.1) is 0 Å². The second kappa shape index (κ2) is 5.49. The lowest BCUT2D eigenvalue weighted by Crippen LogP contribution is -1.99. The minimum atomic E-state index is -0.657. The van der Waals surface area contributed by atoms with Crippen LogP contribution in [0, 0.1) is 6.92 Å². The molecule has 3 aromatic rings. The van der Waals surface area contributed by atoms with E-state index in [0.29, 0.717) is 5.02 Å². The van der Waals surface area contributed by atoms with Crippen LogP contribution < -0.4 is 0 Å². The van der Waals surface area contributed by atoms with Crippen molar-refractivity contribution in [3.8, 4) is 0 Å². The number of hydrogen-bond donors (Lipinski definition) is 1. The molecule has 1 N–H and O–H groups in total. The molecule has 0 saturated carbocycles. The molecule has 0 amide bonds. The molecular formula is C16H12BrClOS. The van der Waals surface area contributed by atoms with Gasteiger partial charge in [0.15, 0.2) is 0 Å². The molecule has 0 radical (unpaired) electrons. The quantitative estimate of drug-likeness (QED) is 0.615. The highest BCUT2D eigenvalue weighted by molar-refractivity contribution is 9.10. The van der Waals surface area contributed by atoms with Crippen LogP contribution in [0.5, 0.6) is 0 Å². The summed E-state index contributed by atoms with van der Waals surface area (Å²) in [4.78, 5) is 0. The van der Waals surface area contributed by atoms with E-state index in [-0.39, 0.29) is 0 Å². The van der Waals surface area contributed by atoms with Crippen LogP contribution in [-0.2, 0) is 0 Å². The minimum absolute atomic E-state index is 0.653. The first-order valence-corrected chi connectivity index (χ1v) is 8.22. The predicted octanol–water partition coefficient (Wildman–Crippen LogP) is 5.71. The zero-order valence-corrected chi connectivity index (χ0v) is 13.9. The highest BCUT2D eigenvalue weighted by Crippen LogP contribution is 2.37. The number of thiophene rings is 1. The van der Waals surface area contributed by atoms with Crippen LogP contribution in [0.25, 0.3) is 10.1 Å². The van der Waals surface area contributed by atoms with Crippen molar-refractivity contribution in [1.82, 2.24) is 0 Å². The van der Waals surface area contributed by atoms with Gasteiger partial charge in [-0.2, -0.15) is 0 Å². The summed E-state index contributed by atoms with van der Waals surface area (Å²) in [5.41, 5.74) is 2.80. The Hall–Kier alpha value is -0.870. The van der Waals surface area contributed by atoms with Gasteiger partial charge in [0.1, 0.15) is 6.10 Å². The zero-order chi connectivity index (χ0) is 14.3. The number of benzene rings is 2. The molecule has 1 unspecified atom stereocenters. The first-order valence-electron chi connectivity index (χ1n) is 6.17. The molecular weight excluding hydrogens is 356 g/mol. The molecule has 0 saturated heterocycles. The third kappa shape index (κ3) is 2.51. The maximum atomic E-state index is 10.7. The Kier molecular flexibility index (Phi) is 3.87. The topological polar surface area (TPSA) is 20.2 Å². The van der Waals surface area contributed by atoms with Crippen molar-refractivity contribution in [2.75, 3.05) is 0 Å². The van der Waals surface area contributed by atoms with Gasteiger partial charge in [-0.05, 0) is 62.9 Å². The van der Waals surface area contributed by atoms with Crippen LogP contribution in [-0.4, -0.2) is 5.11 Å². The standard InChI is InChI=1S/C16H12BrClOS/c1-9-5-10(7-11(18)6-9)15(19)13-8-20-16-12(13)3-2-4-14(16)17/h2-8,15,19H,1H3. The van der Waals surface area contributed by atoms with Crippen LogP contribution >= 0.6 is 38.9 Å². The first-order chi connectivity index (χ1) is 9.56. The fourth-order valence-corrected chi connectivity index (χ4v) is 4.29. The van der Waals surface area contributed by atoms with Crippen LogP contribution in [0.15, 0.2) is 46.3 Å². The summed E-state index contributed by atoms with van der Waals surface area (Å²) in [5, 5.41) is 14.4. The molecule has 20 heavy (non-hydrogen) atoms. The lowest BCUT2D eigenvalue weighted by Gasteiger charge is -2.12. The summed E-state index contributed by atoms with van der Waals surface area (Å²) in [7, 11) is 0.